The topological polar surface area (TPSA) is 61.6 Å². The molecule has 0 saturated carbocycles. The van der Waals surface area contributed by atoms with Crippen molar-refractivity contribution in [1.82, 2.24) is 14.8 Å². The predicted octanol–water partition coefficient (Wildman–Crippen LogP) is 4.00. The van der Waals surface area contributed by atoms with Crippen LogP contribution >= 0.6 is 0 Å². The van der Waals surface area contributed by atoms with Gasteiger partial charge in [0.2, 0.25) is 5.89 Å². The molecule has 2 aromatic carbocycles. The Kier molecular flexibility index (Phi) is 6.44. The van der Waals surface area contributed by atoms with Crippen molar-refractivity contribution < 1.29 is 13.6 Å². The average Bonchev–Trinajstić information content (AvgIpc) is 3.21. The zero-order chi connectivity index (χ0) is 21.8. The highest BCUT2D eigenvalue weighted by Crippen LogP contribution is 2.16. The van der Waals surface area contributed by atoms with Crippen molar-refractivity contribution in [2.45, 2.75) is 26.9 Å². The van der Waals surface area contributed by atoms with Gasteiger partial charge in [-0.2, -0.15) is 0 Å². The van der Waals surface area contributed by atoms with Crippen LogP contribution in [0.1, 0.15) is 33.1 Å². The molecule has 1 aromatic heterocycles. The lowest BCUT2D eigenvalue weighted by Gasteiger charge is -2.34. The summed E-state index contributed by atoms with van der Waals surface area (Å²) in [5.41, 5.74) is 3.73. The SMILES string of the molecule is Cc1cccc(CN2CCN(Cc3nc(C(=O)Nc4ccc(C)c(F)c4)co3)CC2)c1. The number of amides is 1. The van der Waals surface area contributed by atoms with E-state index in [0.29, 0.717) is 23.7 Å². The van der Waals surface area contributed by atoms with Crippen LogP contribution in [0, 0.1) is 19.7 Å². The summed E-state index contributed by atoms with van der Waals surface area (Å²) in [5, 5.41) is 2.65. The number of hydrogen-bond acceptors (Lipinski definition) is 5. The Balaban J connectivity index is 1.27. The van der Waals surface area contributed by atoms with Crippen LogP contribution in [0.5, 0.6) is 0 Å². The van der Waals surface area contributed by atoms with E-state index in [4.69, 9.17) is 4.42 Å². The molecule has 6 nitrogen and oxygen atoms in total. The number of carbonyl (C=O) groups is 1. The second-order valence-electron chi connectivity index (χ2n) is 8.09. The number of carbonyl (C=O) groups excluding carboxylic acids is 1. The molecule has 0 bridgehead atoms. The lowest BCUT2D eigenvalue weighted by atomic mass is 10.1. The number of nitrogens with one attached hydrogen (secondary N) is 1. The minimum atomic E-state index is -0.416. The largest absolute Gasteiger partial charge is 0.447 e. The molecule has 4 rings (SSSR count). The minimum Gasteiger partial charge on any atom is -0.447 e. The molecule has 0 unspecified atom stereocenters. The van der Waals surface area contributed by atoms with Crippen LogP contribution in [0.4, 0.5) is 10.1 Å². The fourth-order valence-electron chi connectivity index (χ4n) is 3.72. The molecule has 1 fully saturated rings. The Morgan fingerprint density at radius 3 is 2.52 bits per heavy atom. The number of benzene rings is 2. The summed E-state index contributed by atoms with van der Waals surface area (Å²) in [6.45, 7) is 9.08. The zero-order valence-corrected chi connectivity index (χ0v) is 17.9. The van der Waals surface area contributed by atoms with Gasteiger partial charge < -0.3 is 9.73 Å². The quantitative estimate of drug-likeness (QED) is 0.651. The highest BCUT2D eigenvalue weighted by molar-refractivity contribution is 6.02. The molecule has 0 aliphatic carbocycles. The molecular formula is C24H27FN4O2. The number of halogens is 1. The summed E-state index contributed by atoms with van der Waals surface area (Å²) in [7, 11) is 0. The second kappa shape index (κ2) is 9.41. The van der Waals surface area contributed by atoms with Crippen LogP contribution in [-0.2, 0) is 13.1 Å². The van der Waals surface area contributed by atoms with E-state index in [1.165, 1.54) is 23.5 Å². The lowest BCUT2D eigenvalue weighted by Crippen LogP contribution is -2.45. The Morgan fingerprint density at radius 2 is 1.81 bits per heavy atom. The van der Waals surface area contributed by atoms with Gasteiger partial charge in [0.15, 0.2) is 5.69 Å². The third-order valence-electron chi connectivity index (χ3n) is 5.53. The molecule has 31 heavy (non-hydrogen) atoms. The van der Waals surface area contributed by atoms with E-state index < -0.39 is 5.91 Å². The van der Waals surface area contributed by atoms with Crippen LogP contribution in [0.25, 0.3) is 0 Å². The summed E-state index contributed by atoms with van der Waals surface area (Å²) >= 11 is 0. The Labute approximate surface area is 181 Å². The van der Waals surface area contributed by atoms with Crippen molar-refractivity contribution in [2.75, 3.05) is 31.5 Å². The third kappa shape index (κ3) is 5.57. The van der Waals surface area contributed by atoms with E-state index in [-0.39, 0.29) is 11.5 Å². The summed E-state index contributed by atoms with van der Waals surface area (Å²) in [5.74, 6) is -0.270. The van der Waals surface area contributed by atoms with E-state index in [1.54, 1.807) is 19.1 Å². The molecular weight excluding hydrogens is 395 g/mol. The maximum Gasteiger partial charge on any atom is 0.277 e. The maximum atomic E-state index is 13.7. The van der Waals surface area contributed by atoms with Crippen molar-refractivity contribution >= 4 is 11.6 Å². The molecule has 1 aliphatic rings. The molecule has 1 amide bonds. The van der Waals surface area contributed by atoms with Gasteiger partial charge >= 0.3 is 0 Å². The van der Waals surface area contributed by atoms with Gasteiger partial charge in [-0.25, -0.2) is 9.37 Å². The maximum absolute atomic E-state index is 13.7. The molecule has 162 valence electrons. The van der Waals surface area contributed by atoms with Gasteiger partial charge in [-0.05, 0) is 37.1 Å². The average molecular weight is 423 g/mol. The molecule has 1 saturated heterocycles. The van der Waals surface area contributed by atoms with Gasteiger partial charge in [0.25, 0.3) is 5.91 Å². The first kappa shape index (κ1) is 21.2. The summed E-state index contributed by atoms with van der Waals surface area (Å²) in [6, 6.07) is 13.2. The number of nitrogens with zero attached hydrogens (tertiary/aromatic N) is 3. The zero-order valence-electron chi connectivity index (χ0n) is 17.9. The van der Waals surface area contributed by atoms with E-state index >= 15 is 0 Å². The van der Waals surface area contributed by atoms with Gasteiger partial charge in [0.05, 0.1) is 6.54 Å². The molecule has 2 heterocycles. The van der Waals surface area contributed by atoms with E-state index in [0.717, 1.165) is 32.7 Å². The molecule has 0 atom stereocenters. The fraction of sp³-hybridized carbons (Fsp3) is 0.333. The number of oxazole rings is 1. The molecule has 3 aromatic rings. The van der Waals surface area contributed by atoms with Crippen LogP contribution in [0.3, 0.4) is 0 Å². The second-order valence-corrected chi connectivity index (χ2v) is 8.09. The van der Waals surface area contributed by atoms with E-state index in [2.05, 4.69) is 51.3 Å². The third-order valence-corrected chi connectivity index (χ3v) is 5.53. The number of anilines is 1. The van der Waals surface area contributed by atoms with E-state index in [9.17, 15) is 9.18 Å². The highest BCUT2D eigenvalue weighted by Gasteiger charge is 2.20. The standard InChI is InChI=1S/C24H27FN4O2/c1-17-4-3-5-19(12-17)14-28-8-10-29(11-9-28)15-23-27-22(16-31-23)24(30)26-20-7-6-18(2)21(25)13-20/h3-7,12-13,16H,8-11,14-15H2,1-2H3,(H,26,30). The van der Waals surface area contributed by atoms with Crippen LogP contribution in [-0.4, -0.2) is 46.9 Å². The molecule has 0 radical (unpaired) electrons. The summed E-state index contributed by atoms with van der Waals surface area (Å²) in [6.07, 6.45) is 1.35. The lowest BCUT2D eigenvalue weighted by molar-refractivity contribution is 0.102. The highest BCUT2D eigenvalue weighted by atomic mass is 19.1. The van der Waals surface area contributed by atoms with E-state index in [1.807, 2.05) is 0 Å². The smallest absolute Gasteiger partial charge is 0.277 e. The first-order valence-electron chi connectivity index (χ1n) is 10.5. The summed E-state index contributed by atoms with van der Waals surface area (Å²) < 4.78 is 19.2. The van der Waals surface area contributed by atoms with Gasteiger partial charge in [0, 0.05) is 38.4 Å². The first-order valence-corrected chi connectivity index (χ1v) is 10.5. The van der Waals surface area contributed by atoms with Crippen LogP contribution < -0.4 is 5.32 Å². The predicted molar refractivity (Wildman–Crippen MR) is 117 cm³/mol. The first-order chi connectivity index (χ1) is 15.0. The van der Waals surface area contributed by atoms with Gasteiger partial charge in [-0.15, -0.1) is 0 Å². The Morgan fingerprint density at radius 1 is 1.06 bits per heavy atom. The Bertz CT molecular complexity index is 1060. The number of piperazine rings is 1. The van der Waals surface area contributed by atoms with Crippen molar-refractivity contribution in [1.29, 1.82) is 0 Å². The fourth-order valence-corrected chi connectivity index (χ4v) is 3.72. The number of aryl methyl sites for hydroxylation is 2. The monoisotopic (exact) mass is 422 g/mol. The van der Waals surface area contributed by atoms with Crippen LogP contribution in [0.2, 0.25) is 0 Å². The van der Waals surface area contributed by atoms with Crippen molar-refractivity contribution in [2.24, 2.45) is 0 Å². The molecule has 7 heteroatoms. The minimum absolute atomic E-state index is 0.189. The van der Waals surface area contributed by atoms with Gasteiger partial charge in [-0.3, -0.25) is 14.6 Å². The van der Waals surface area contributed by atoms with Gasteiger partial charge in [-0.1, -0.05) is 35.9 Å². The number of hydrogen-bond donors (Lipinski definition) is 1. The van der Waals surface area contributed by atoms with Crippen molar-refractivity contribution in [3.05, 3.63) is 82.8 Å². The van der Waals surface area contributed by atoms with Crippen LogP contribution in [0.15, 0.2) is 53.1 Å². The number of aromatic nitrogens is 1. The van der Waals surface area contributed by atoms with Gasteiger partial charge in [0.1, 0.15) is 12.1 Å². The molecule has 1 aliphatic heterocycles. The summed E-state index contributed by atoms with van der Waals surface area (Å²) in [4.78, 5) is 21.4. The normalized spacial score (nSPS) is 15.2. The molecule has 0 spiro atoms. The number of rotatable bonds is 6. The Hall–Kier alpha value is -3.03. The van der Waals surface area contributed by atoms with Crippen molar-refractivity contribution in [3.63, 3.8) is 0 Å². The molecule has 1 N–H and O–H groups in total. The van der Waals surface area contributed by atoms with Crippen molar-refractivity contribution in [3.8, 4) is 0 Å².